The van der Waals surface area contributed by atoms with Crippen molar-refractivity contribution in [2.24, 2.45) is 0 Å². The summed E-state index contributed by atoms with van der Waals surface area (Å²) in [6.45, 7) is 20.2. The lowest BCUT2D eigenvalue weighted by atomic mass is 10.1. The van der Waals surface area contributed by atoms with Crippen molar-refractivity contribution in [1.29, 1.82) is 0 Å². The lowest BCUT2D eigenvalue weighted by molar-refractivity contribution is 0.0934. The average Bonchev–Trinajstić information content (AvgIpc) is 3.02. The van der Waals surface area contributed by atoms with E-state index < -0.39 is 0 Å². The van der Waals surface area contributed by atoms with E-state index in [0.29, 0.717) is 0 Å². The summed E-state index contributed by atoms with van der Waals surface area (Å²) in [6, 6.07) is 0. The number of nitrogens with zero attached hydrogens (tertiary/aromatic N) is 4. The minimum Gasteiger partial charge on any atom is -0.301 e. The molecule has 0 spiro atoms. The Hall–Kier alpha value is -0.160. The van der Waals surface area contributed by atoms with Gasteiger partial charge in [-0.15, -0.1) is 0 Å². The summed E-state index contributed by atoms with van der Waals surface area (Å²) in [5.41, 5.74) is 0. The Morgan fingerprint density at radius 3 is 0.667 bits per heavy atom. The Bertz CT molecular complexity index is 491. The van der Waals surface area contributed by atoms with E-state index >= 15 is 0 Å². The van der Waals surface area contributed by atoms with Gasteiger partial charge in [-0.05, 0) is 25.9 Å². The second kappa shape index (κ2) is 28.3. The fraction of sp³-hybridized carbons (Fsp3) is 1.00. The Morgan fingerprint density at radius 1 is 0.238 bits per heavy atom. The summed E-state index contributed by atoms with van der Waals surface area (Å²) in [5.74, 6) is 0. The number of piperazine rings is 2. The molecule has 4 heteroatoms. The molecule has 0 radical (unpaired) electrons. The lowest BCUT2D eigenvalue weighted by Crippen LogP contribution is -2.51. The summed E-state index contributed by atoms with van der Waals surface area (Å²) >= 11 is 0. The third kappa shape index (κ3) is 21.5. The van der Waals surface area contributed by atoms with Crippen LogP contribution in [-0.4, -0.2) is 98.1 Å². The third-order valence-corrected chi connectivity index (χ3v) is 10.3. The first kappa shape index (κ1) is 38.0. The molecule has 2 fully saturated rings. The number of rotatable bonds is 29. The van der Waals surface area contributed by atoms with Crippen molar-refractivity contribution in [1.82, 2.24) is 19.6 Å². The zero-order chi connectivity index (χ0) is 29.8. The molecule has 250 valence electrons. The summed E-state index contributed by atoms with van der Waals surface area (Å²) in [4.78, 5) is 10.9. The van der Waals surface area contributed by atoms with Crippen LogP contribution < -0.4 is 0 Å². The van der Waals surface area contributed by atoms with Gasteiger partial charge in [0.05, 0.1) is 0 Å². The first-order valence-electron chi connectivity index (χ1n) is 19.7. The van der Waals surface area contributed by atoms with E-state index in [4.69, 9.17) is 0 Å². The maximum absolute atomic E-state index is 2.74. The van der Waals surface area contributed by atoms with E-state index in [9.17, 15) is 0 Å². The van der Waals surface area contributed by atoms with Gasteiger partial charge in [0, 0.05) is 65.4 Å². The number of hydrogen-bond acceptors (Lipinski definition) is 4. The van der Waals surface area contributed by atoms with Crippen molar-refractivity contribution in [2.75, 3.05) is 78.5 Å². The summed E-state index contributed by atoms with van der Waals surface area (Å²) in [5, 5.41) is 0. The fourth-order valence-corrected chi connectivity index (χ4v) is 7.11. The molecule has 0 aromatic rings. The van der Waals surface area contributed by atoms with Crippen LogP contribution in [0.15, 0.2) is 0 Å². The van der Waals surface area contributed by atoms with Crippen LogP contribution in [-0.2, 0) is 0 Å². The van der Waals surface area contributed by atoms with Crippen LogP contribution in [0.2, 0.25) is 0 Å². The third-order valence-electron chi connectivity index (χ3n) is 10.3. The van der Waals surface area contributed by atoms with E-state index in [2.05, 4.69) is 33.4 Å². The van der Waals surface area contributed by atoms with Gasteiger partial charge in [0.2, 0.25) is 0 Å². The molecule has 2 rings (SSSR count). The molecule has 0 aliphatic carbocycles. The van der Waals surface area contributed by atoms with Crippen molar-refractivity contribution in [2.45, 2.75) is 168 Å². The SMILES string of the molecule is CCCCCCCCCCCCCCN1CCN(CCN2CCN(CCCCCCCCCCCCCC)CC2)CC1. The highest BCUT2D eigenvalue weighted by atomic mass is 15.3. The molecule has 0 amide bonds. The molecule has 0 N–H and O–H groups in total. The molecule has 2 heterocycles. The Balaban J connectivity index is 1.31. The predicted molar refractivity (Wildman–Crippen MR) is 188 cm³/mol. The molecule has 42 heavy (non-hydrogen) atoms. The maximum atomic E-state index is 2.74. The number of unbranched alkanes of at least 4 members (excludes halogenated alkanes) is 22. The molecule has 2 aliphatic heterocycles. The molecule has 2 saturated heterocycles. The van der Waals surface area contributed by atoms with Crippen LogP contribution in [0.4, 0.5) is 0 Å². The normalized spacial score (nSPS) is 17.9. The van der Waals surface area contributed by atoms with Gasteiger partial charge in [-0.3, -0.25) is 9.80 Å². The van der Waals surface area contributed by atoms with Crippen molar-refractivity contribution >= 4 is 0 Å². The lowest BCUT2D eigenvalue weighted by Gasteiger charge is -2.38. The van der Waals surface area contributed by atoms with Crippen molar-refractivity contribution in [3.05, 3.63) is 0 Å². The minimum atomic E-state index is 1.28. The maximum Gasteiger partial charge on any atom is 0.0110 e. The molecule has 0 unspecified atom stereocenters. The Morgan fingerprint density at radius 2 is 0.429 bits per heavy atom. The van der Waals surface area contributed by atoms with Crippen molar-refractivity contribution in [3.63, 3.8) is 0 Å². The van der Waals surface area contributed by atoms with Gasteiger partial charge in [-0.2, -0.15) is 0 Å². The smallest absolute Gasteiger partial charge is 0.0110 e. The molecule has 4 nitrogen and oxygen atoms in total. The second-order valence-electron chi connectivity index (χ2n) is 14.1. The van der Waals surface area contributed by atoms with Gasteiger partial charge >= 0.3 is 0 Å². The molecule has 0 bridgehead atoms. The highest BCUT2D eigenvalue weighted by Crippen LogP contribution is 2.14. The summed E-state index contributed by atoms with van der Waals surface area (Å²) in [6.07, 6.45) is 34.9. The highest BCUT2D eigenvalue weighted by Gasteiger charge is 2.19. The van der Waals surface area contributed by atoms with Gasteiger partial charge in [-0.25, -0.2) is 0 Å². The minimum absolute atomic E-state index is 1.28. The van der Waals surface area contributed by atoms with E-state index in [1.807, 2.05) is 0 Å². The van der Waals surface area contributed by atoms with Crippen molar-refractivity contribution in [3.8, 4) is 0 Å². The van der Waals surface area contributed by atoms with Gasteiger partial charge in [0.1, 0.15) is 0 Å². The second-order valence-corrected chi connectivity index (χ2v) is 14.1. The number of hydrogen-bond donors (Lipinski definition) is 0. The topological polar surface area (TPSA) is 13.0 Å². The highest BCUT2D eigenvalue weighted by molar-refractivity contribution is 4.76. The van der Waals surface area contributed by atoms with Gasteiger partial charge < -0.3 is 9.80 Å². The van der Waals surface area contributed by atoms with Gasteiger partial charge in [0.15, 0.2) is 0 Å². The summed E-state index contributed by atoms with van der Waals surface area (Å²) in [7, 11) is 0. The monoisotopic (exact) mass is 591 g/mol. The Labute approximate surface area is 265 Å². The van der Waals surface area contributed by atoms with Gasteiger partial charge in [0.25, 0.3) is 0 Å². The Kier molecular flexibility index (Phi) is 25.6. The van der Waals surface area contributed by atoms with Crippen LogP contribution in [0, 0.1) is 0 Å². The molecule has 0 atom stereocenters. The van der Waals surface area contributed by atoms with E-state index in [1.54, 1.807) is 0 Å². The van der Waals surface area contributed by atoms with E-state index in [-0.39, 0.29) is 0 Å². The van der Waals surface area contributed by atoms with Crippen LogP contribution in [0.25, 0.3) is 0 Å². The summed E-state index contributed by atoms with van der Waals surface area (Å²) < 4.78 is 0. The zero-order valence-electron chi connectivity index (χ0n) is 29.2. The van der Waals surface area contributed by atoms with E-state index in [0.717, 1.165) is 0 Å². The van der Waals surface area contributed by atoms with Crippen LogP contribution in [0.3, 0.4) is 0 Å². The van der Waals surface area contributed by atoms with Crippen LogP contribution >= 0.6 is 0 Å². The van der Waals surface area contributed by atoms with Crippen molar-refractivity contribution < 1.29 is 0 Å². The largest absolute Gasteiger partial charge is 0.301 e. The molecular formula is C38H78N4. The van der Waals surface area contributed by atoms with Gasteiger partial charge in [-0.1, -0.05) is 155 Å². The van der Waals surface area contributed by atoms with E-state index in [1.165, 1.54) is 233 Å². The fourth-order valence-electron chi connectivity index (χ4n) is 7.11. The molecule has 0 saturated carbocycles. The molecule has 0 aromatic heterocycles. The van der Waals surface area contributed by atoms with Crippen LogP contribution in [0.5, 0.6) is 0 Å². The van der Waals surface area contributed by atoms with Crippen LogP contribution in [0.1, 0.15) is 168 Å². The first-order chi connectivity index (χ1) is 20.8. The first-order valence-corrected chi connectivity index (χ1v) is 19.7. The standard InChI is InChI=1S/C38H78N4/c1-3-5-7-9-11-13-15-17-19-21-23-25-27-39-29-33-41(34-30-39)37-38-42-35-31-40(32-36-42)28-26-24-22-20-18-16-14-12-10-8-6-4-2/h3-38H2,1-2H3. The molecular weight excluding hydrogens is 512 g/mol. The zero-order valence-corrected chi connectivity index (χ0v) is 29.2. The molecule has 0 aromatic carbocycles. The predicted octanol–water partition coefficient (Wildman–Crippen LogP) is 9.62. The average molecular weight is 591 g/mol. The molecule has 2 aliphatic rings. The quantitative estimate of drug-likeness (QED) is 0.0804.